The summed E-state index contributed by atoms with van der Waals surface area (Å²) in [6.07, 6.45) is 0.375. The highest BCUT2D eigenvalue weighted by Crippen LogP contribution is 2.18. The van der Waals surface area contributed by atoms with Crippen molar-refractivity contribution in [1.29, 1.82) is 0 Å². The molecule has 0 heterocycles. The lowest BCUT2D eigenvalue weighted by Gasteiger charge is -2.10. The van der Waals surface area contributed by atoms with E-state index in [9.17, 15) is 4.79 Å². The van der Waals surface area contributed by atoms with Crippen molar-refractivity contribution in [3.05, 3.63) is 48.0 Å². The number of aliphatic hydroxyl groups excluding tert-OH is 1. The van der Waals surface area contributed by atoms with Crippen LogP contribution in [0.5, 0.6) is 0 Å². The molecule has 2 aromatic rings. The first kappa shape index (κ1) is 13.6. The number of carbonyl (C=O) groups excluding carboxylic acids is 1. The average molecular weight is 257 g/mol. The van der Waals surface area contributed by atoms with Crippen LogP contribution < -0.4 is 5.32 Å². The summed E-state index contributed by atoms with van der Waals surface area (Å²) in [6.45, 7) is 2.51. The van der Waals surface area contributed by atoms with E-state index in [0.29, 0.717) is 13.0 Å². The molecular weight excluding hydrogens is 238 g/mol. The topological polar surface area (TPSA) is 49.3 Å². The van der Waals surface area contributed by atoms with Crippen LogP contribution in [-0.4, -0.2) is 24.2 Å². The van der Waals surface area contributed by atoms with Crippen LogP contribution in [0.4, 0.5) is 0 Å². The molecule has 0 radical (unpaired) electrons. The second-order valence-electron chi connectivity index (χ2n) is 4.91. The van der Waals surface area contributed by atoms with Gasteiger partial charge in [0.1, 0.15) is 0 Å². The lowest BCUT2D eigenvalue weighted by molar-refractivity contribution is -0.120. The van der Waals surface area contributed by atoms with Gasteiger partial charge in [-0.05, 0) is 22.3 Å². The Morgan fingerprint density at radius 1 is 1.21 bits per heavy atom. The third-order valence-corrected chi connectivity index (χ3v) is 3.19. The Hall–Kier alpha value is -1.87. The van der Waals surface area contributed by atoms with Crippen molar-refractivity contribution in [3.8, 4) is 0 Å². The first-order valence-electron chi connectivity index (χ1n) is 6.55. The molecule has 0 aliphatic rings. The lowest BCUT2D eigenvalue weighted by atomic mass is 10.0. The zero-order valence-corrected chi connectivity index (χ0v) is 11.1. The maximum atomic E-state index is 11.9. The highest BCUT2D eigenvalue weighted by molar-refractivity contribution is 5.90. The average Bonchev–Trinajstić information content (AvgIpc) is 2.45. The molecule has 0 aromatic heterocycles. The molecule has 0 aliphatic heterocycles. The van der Waals surface area contributed by atoms with Crippen LogP contribution in [0, 0.1) is 5.92 Å². The number of hydrogen-bond acceptors (Lipinski definition) is 2. The summed E-state index contributed by atoms with van der Waals surface area (Å²) in [5.74, 6) is 0.0909. The fourth-order valence-electron chi connectivity index (χ4n) is 2.03. The minimum Gasteiger partial charge on any atom is -0.396 e. The first-order chi connectivity index (χ1) is 9.20. The maximum absolute atomic E-state index is 11.9. The van der Waals surface area contributed by atoms with Gasteiger partial charge in [0, 0.05) is 13.2 Å². The zero-order valence-electron chi connectivity index (χ0n) is 11.1. The molecule has 0 aliphatic carbocycles. The molecule has 3 nitrogen and oxygen atoms in total. The van der Waals surface area contributed by atoms with E-state index in [1.165, 1.54) is 0 Å². The number of carbonyl (C=O) groups is 1. The Balaban J connectivity index is 2.07. The summed E-state index contributed by atoms with van der Waals surface area (Å²) in [5.41, 5.74) is 1.03. The van der Waals surface area contributed by atoms with Crippen molar-refractivity contribution in [2.75, 3.05) is 13.2 Å². The third kappa shape index (κ3) is 3.55. The van der Waals surface area contributed by atoms with Gasteiger partial charge in [-0.25, -0.2) is 0 Å². The highest BCUT2D eigenvalue weighted by Gasteiger charge is 2.08. The van der Waals surface area contributed by atoms with Crippen molar-refractivity contribution in [1.82, 2.24) is 5.32 Å². The number of nitrogens with one attached hydrogen (secondary N) is 1. The third-order valence-electron chi connectivity index (χ3n) is 3.19. The Labute approximate surface area is 113 Å². The molecule has 1 amide bonds. The van der Waals surface area contributed by atoms with E-state index in [1.807, 2.05) is 49.4 Å². The SMILES string of the molecule is CC(CO)CNC(=O)Cc1cccc2ccccc12. The number of amides is 1. The fourth-order valence-corrected chi connectivity index (χ4v) is 2.03. The van der Waals surface area contributed by atoms with Crippen LogP contribution in [0.3, 0.4) is 0 Å². The first-order valence-corrected chi connectivity index (χ1v) is 6.55. The van der Waals surface area contributed by atoms with Gasteiger partial charge in [0.25, 0.3) is 0 Å². The minimum absolute atomic E-state index is 0.00310. The second-order valence-corrected chi connectivity index (χ2v) is 4.91. The molecule has 0 saturated carbocycles. The number of hydrogen-bond donors (Lipinski definition) is 2. The summed E-state index contributed by atoms with van der Waals surface area (Å²) in [5, 5.41) is 14.0. The van der Waals surface area contributed by atoms with Gasteiger partial charge in [0.2, 0.25) is 5.91 Å². The lowest BCUT2D eigenvalue weighted by Crippen LogP contribution is -2.30. The number of fused-ring (bicyclic) bond motifs is 1. The summed E-state index contributed by atoms with van der Waals surface area (Å²) < 4.78 is 0. The van der Waals surface area contributed by atoms with Gasteiger partial charge in [-0.3, -0.25) is 4.79 Å². The summed E-state index contributed by atoms with van der Waals surface area (Å²) >= 11 is 0. The molecule has 2 aromatic carbocycles. The minimum atomic E-state index is -0.00310. The summed E-state index contributed by atoms with van der Waals surface area (Å²) in [4.78, 5) is 11.9. The molecule has 0 saturated heterocycles. The van der Waals surface area contributed by atoms with E-state index in [2.05, 4.69) is 5.32 Å². The molecule has 1 unspecified atom stereocenters. The van der Waals surface area contributed by atoms with Gasteiger partial charge >= 0.3 is 0 Å². The Morgan fingerprint density at radius 3 is 2.74 bits per heavy atom. The predicted molar refractivity (Wildman–Crippen MR) is 76.9 cm³/mol. The monoisotopic (exact) mass is 257 g/mol. The molecule has 3 heteroatoms. The van der Waals surface area contributed by atoms with Crippen molar-refractivity contribution < 1.29 is 9.90 Å². The predicted octanol–water partition coefficient (Wildman–Crippen LogP) is 2.13. The van der Waals surface area contributed by atoms with E-state index in [4.69, 9.17) is 5.11 Å². The van der Waals surface area contributed by atoms with Crippen molar-refractivity contribution in [3.63, 3.8) is 0 Å². The number of aliphatic hydroxyl groups is 1. The van der Waals surface area contributed by atoms with Crippen LogP contribution in [0.25, 0.3) is 10.8 Å². The van der Waals surface area contributed by atoms with Crippen LogP contribution in [-0.2, 0) is 11.2 Å². The standard InChI is InChI=1S/C16H19NO2/c1-12(11-18)10-17-16(19)9-14-7-4-6-13-5-2-3-8-15(13)14/h2-8,12,18H,9-11H2,1H3,(H,17,19). The van der Waals surface area contributed by atoms with E-state index in [0.717, 1.165) is 16.3 Å². The Morgan fingerprint density at radius 2 is 1.95 bits per heavy atom. The van der Waals surface area contributed by atoms with Gasteiger partial charge < -0.3 is 10.4 Å². The van der Waals surface area contributed by atoms with Gasteiger partial charge in [-0.15, -0.1) is 0 Å². The molecular formula is C16H19NO2. The number of benzene rings is 2. The quantitative estimate of drug-likeness (QED) is 0.862. The van der Waals surface area contributed by atoms with E-state index in [-0.39, 0.29) is 18.4 Å². The van der Waals surface area contributed by atoms with E-state index in [1.54, 1.807) is 0 Å². The molecule has 0 bridgehead atoms. The van der Waals surface area contributed by atoms with Crippen molar-refractivity contribution in [2.24, 2.45) is 5.92 Å². The second kappa shape index (κ2) is 6.34. The Bertz CT molecular complexity index is 560. The zero-order chi connectivity index (χ0) is 13.7. The molecule has 0 fully saturated rings. The molecule has 19 heavy (non-hydrogen) atoms. The van der Waals surface area contributed by atoms with Crippen molar-refractivity contribution >= 4 is 16.7 Å². The number of rotatable bonds is 5. The summed E-state index contributed by atoms with van der Waals surface area (Å²) in [6, 6.07) is 14.1. The van der Waals surface area contributed by atoms with Gasteiger partial charge in [-0.2, -0.15) is 0 Å². The van der Waals surface area contributed by atoms with Crippen LogP contribution >= 0.6 is 0 Å². The van der Waals surface area contributed by atoms with Gasteiger partial charge in [0.15, 0.2) is 0 Å². The largest absolute Gasteiger partial charge is 0.396 e. The highest BCUT2D eigenvalue weighted by atomic mass is 16.3. The van der Waals surface area contributed by atoms with Crippen molar-refractivity contribution in [2.45, 2.75) is 13.3 Å². The maximum Gasteiger partial charge on any atom is 0.224 e. The molecule has 2 rings (SSSR count). The molecule has 2 N–H and O–H groups in total. The Kier molecular flexibility index (Phi) is 4.53. The van der Waals surface area contributed by atoms with Crippen LogP contribution in [0.2, 0.25) is 0 Å². The molecule has 1 atom stereocenters. The molecule has 0 spiro atoms. The van der Waals surface area contributed by atoms with E-state index < -0.39 is 0 Å². The van der Waals surface area contributed by atoms with Crippen LogP contribution in [0.15, 0.2) is 42.5 Å². The van der Waals surface area contributed by atoms with E-state index >= 15 is 0 Å². The van der Waals surface area contributed by atoms with Gasteiger partial charge in [0.05, 0.1) is 6.42 Å². The fraction of sp³-hybridized carbons (Fsp3) is 0.312. The smallest absolute Gasteiger partial charge is 0.224 e. The normalized spacial score (nSPS) is 12.3. The van der Waals surface area contributed by atoms with Gasteiger partial charge in [-0.1, -0.05) is 49.4 Å². The molecule has 100 valence electrons. The summed E-state index contributed by atoms with van der Waals surface area (Å²) in [7, 11) is 0. The van der Waals surface area contributed by atoms with Crippen LogP contribution in [0.1, 0.15) is 12.5 Å².